The van der Waals surface area contributed by atoms with Crippen LogP contribution in [0.25, 0.3) is 0 Å². The van der Waals surface area contributed by atoms with Gasteiger partial charge >= 0.3 is 6.01 Å². The third-order valence-corrected chi connectivity index (χ3v) is 2.59. The van der Waals surface area contributed by atoms with E-state index in [0.29, 0.717) is 16.8 Å². The minimum Gasteiger partial charge on any atom is -0.424 e. The van der Waals surface area contributed by atoms with E-state index in [1.807, 2.05) is 19.1 Å². The molecule has 2 aromatic rings. The van der Waals surface area contributed by atoms with Gasteiger partial charge in [0.05, 0.1) is 4.47 Å². The molecule has 0 aliphatic heterocycles. The molecule has 0 fully saturated rings. The van der Waals surface area contributed by atoms with E-state index in [4.69, 9.17) is 16.3 Å². The first-order valence-corrected chi connectivity index (χ1v) is 5.74. The topological polar surface area (TPSA) is 35.0 Å². The van der Waals surface area contributed by atoms with Crippen molar-refractivity contribution in [1.82, 2.24) is 9.97 Å². The maximum Gasteiger partial charge on any atom is 0.321 e. The van der Waals surface area contributed by atoms with Crippen molar-refractivity contribution < 1.29 is 4.74 Å². The molecule has 16 heavy (non-hydrogen) atoms. The number of hydrogen-bond donors (Lipinski definition) is 0. The van der Waals surface area contributed by atoms with Gasteiger partial charge in [0.15, 0.2) is 0 Å². The number of rotatable bonds is 2. The zero-order valence-electron chi connectivity index (χ0n) is 8.45. The molecule has 0 radical (unpaired) electrons. The highest BCUT2D eigenvalue weighted by Gasteiger charge is 2.04. The van der Waals surface area contributed by atoms with Crippen molar-refractivity contribution in [2.24, 2.45) is 0 Å². The third-order valence-electron chi connectivity index (χ3n) is 1.95. The molecule has 1 heterocycles. The first-order valence-electron chi connectivity index (χ1n) is 4.57. The van der Waals surface area contributed by atoms with E-state index in [0.717, 1.165) is 10.0 Å². The Kier molecular flexibility index (Phi) is 3.41. The van der Waals surface area contributed by atoms with Crippen LogP contribution in [0, 0.1) is 6.92 Å². The van der Waals surface area contributed by atoms with Gasteiger partial charge in [0.1, 0.15) is 5.75 Å². The summed E-state index contributed by atoms with van der Waals surface area (Å²) in [7, 11) is 0. The Balaban J connectivity index is 2.26. The van der Waals surface area contributed by atoms with Crippen LogP contribution in [-0.2, 0) is 0 Å². The lowest BCUT2D eigenvalue weighted by Crippen LogP contribution is -1.92. The van der Waals surface area contributed by atoms with Gasteiger partial charge in [-0.1, -0.05) is 17.7 Å². The number of halogens is 2. The summed E-state index contributed by atoms with van der Waals surface area (Å²) in [6.45, 7) is 1.94. The van der Waals surface area contributed by atoms with Gasteiger partial charge in [-0.05, 0) is 40.5 Å². The number of aromatic nitrogens is 2. The van der Waals surface area contributed by atoms with Crippen LogP contribution in [0.15, 0.2) is 35.1 Å². The average Bonchev–Trinajstić information content (AvgIpc) is 2.27. The molecule has 0 atom stereocenters. The van der Waals surface area contributed by atoms with E-state index in [-0.39, 0.29) is 0 Å². The van der Waals surface area contributed by atoms with Gasteiger partial charge < -0.3 is 4.74 Å². The van der Waals surface area contributed by atoms with E-state index in [9.17, 15) is 0 Å². The number of benzene rings is 1. The van der Waals surface area contributed by atoms with Crippen molar-refractivity contribution in [2.45, 2.75) is 6.92 Å². The van der Waals surface area contributed by atoms with Crippen LogP contribution < -0.4 is 4.74 Å². The number of hydrogen-bond acceptors (Lipinski definition) is 3. The standard InChI is InChI=1S/C11H8BrClN2O/c1-7-2-3-9(13)4-10(7)16-11-14-5-8(12)6-15-11/h2-6H,1H3. The van der Waals surface area contributed by atoms with Crippen LogP contribution >= 0.6 is 27.5 Å². The quantitative estimate of drug-likeness (QED) is 0.841. The van der Waals surface area contributed by atoms with Crippen molar-refractivity contribution in [3.8, 4) is 11.8 Å². The largest absolute Gasteiger partial charge is 0.424 e. The molecule has 1 aromatic heterocycles. The van der Waals surface area contributed by atoms with Crippen LogP contribution in [0.5, 0.6) is 11.8 Å². The Labute approximate surface area is 107 Å². The minimum atomic E-state index is 0.300. The monoisotopic (exact) mass is 298 g/mol. The summed E-state index contributed by atoms with van der Waals surface area (Å²) >= 11 is 9.14. The summed E-state index contributed by atoms with van der Waals surface area (Å²) < 4.78 is 6.33. The van der Waals surface area contributed by atoms with Crippen LogP contribution in [0.3, 0.4) is 0 Å². The van der Waals surface area contributed by atoms with Crippen molar-refractivity contribution in [3.63, 3.8) is 0 Å². The fraction of sp³-hybridized carbons (Fsp3) is 0.0909. The second kappa shape index (κ2) is 4.80. The molecular weight excluding hydrogens is 291 g/mol. The molecule has 0 saturated carbocycles. The van der Waals surface area contributed by atoms with Gasteiger partial charge in [0, 0.05) is 17.4 Å². The molecule has 0 N–H and O–H groups in total. The molecule has 5 heteroatoms. The SMILES string of the molecule is Cc1ccc(Cl)cc1Oc1ncc(Br)cn1. The van der Waals surface area contributed by atoms with Gasteiger partial charge in [-0.15, -0.1) is 0 Å². The summed E-state index contributed by atoms with van der Waals surface area (Å²) in [6, 6.07) is 5.74. The molecular formula is C11H8BrClN2O. The lowest BCUT2D eigenvalue weighted by atomic mass is 10.2. The fourth-order valence-electron chi connectivity index (χ4n) is 1.14. The predicted molar refractivity (Wildman–Crippen MR) is 66.0 cm³/mol. The zero-order valence-corrected chi connectivity index (χ0v) is 10.8. The van der Waals surface area contributed by atoms with Gasteiger partial charge in [-0.2, -0.15) is 0 Å². The lowest BCUT2D eigenvalue weighted by molar-refractivity contribution is 0.438. The zero-order chi connectivity index (χ0) is 11.5. The second-order valence-electron chi connectivity index (χ2n) is 3.20. The number of ether oxygens (including phenoxy) is 1. The molecule has 2 rings (SSSR count). The van der Waals surface area contributed by atoms with Gasteiger partial charge in [0.2, 0.25) is 0 Å². The van der Waals surface area contributed by atoms with E-state index in [2.05, 4.69) is 25.9 Å². The third kappa shape index (κ3) is 2.71. The van der Waals surface area contributed by atoms with Gasteiger partial charge in [-0.25, -0.2) is 9.97 Å². The highest BCUT2D eigenvalue weighted by molar-refractivity contribution is 9.10. The van der Waals surface area contributed by atoms with E-state index in [1.54, 1.807) is 18.5 Å². The van der Waals surface area contributed by atoms with Crippen LogP contribution in [0.4, 0.5) is 0 Å². The minimum absolute atomic E-state index is 0.300. The van der Waals surface area contributed by atoms with Gasteiger partial charge in [0.25, 0.3) is 0 Å². The van der Waals surface area contributed by atoms with Crippen LogP contribution in [0.2, 0.25) is 5.02 Å². The maximum absolute atomic E-state index is 5.88. The maximum atomic E-state index is 5.88. The predicted octanol–water partition coefficient (Wildman–Crippen LogP) is 3.99. The molecule has 0 unspecified atom stereocenters. The average molecular weight is 300 g/mol. The Hall–Kier alpha value is -1.13. The summed E-state index contributed by atoms with van der Waals surface area (Å²) in [5.74, 6) is 0.662. The van der Waals surface area contributed by atoms with Crippen molar-refractivity contribution >= 4 is 27.5 Å². The number of aryl methyl sites for hydroxylation is 1. The van der Waals surface area contributed by atoms with E-state index in [1.165, 1.54) is 0 Å². The summed E-state index contributed by atoms with van der Waals surface area (Å²) in [5.41, 5.74) is 0.982. The highest BCUT2D eigenvalue weighted by atomic mass is 79.9. The Morgan fingerprint density at radius 3 is 2.62 bits per heavy atom. The van der Waals surface area contributed by atoms with E-state index < -0.39 is 0 Å². The molecule has 0 amide bonds. The smallest absolute Gasteiger partial charge is 0.321 e. The molecule has 1 aromatic carbocycles. The Bertz CT molecular complexity index is 502. The number of nitrogens with zero attached hydrogens (tertiary/aromatic N) is 2. The summed E-state index contributed by atoms with van der Waals surface area (Å²) in [4.78, 5) is 8.04. The van der Waals surface area contributed by atoms with Gasteiger partial charge in [-0.3, -0.25) is 0 Å². The molecule has 3 nitrogen and oxygen atoms in total. The first-order chi connectivity index (χ1) is 7.65. The van der Waals surface area contributed by atoms with Crippen LogP contribution in [-0.4, -0.2) is 9.97 Å². The summed E-state index contributed by atoms with van der Waals surface area (Å²) in [5, 5.41) is 0.623. The van der Waals surface area contributed by atoms with Crippen molar-refractivity contribution in [2.75, 3.05) is 0 Å². The molecule has 0 aliphatic carbocycles. The Morgan fingerprint density at radius 1 is 1.25 bits per heavy atom. The molecule has 0 aliphatic rings. The molecule has 0 saturated heterocycles. The molecule has 0 bridgehead atoms. The molecule has 0 spiro atoms. The second-order valence-corrected chi connectivity index (χ2v) is 4.55. The lowest BCUT2D eigenvalue weighted by Gasteiger charge is -2.06. The highest BCUT2D eigenvalue weighted by Crippen LogP contribution is 2.26. The molecule has 82 valence electrons. The summed E-state index contributed by atoms with van der Waals surface area (Å²) in [6.07, 6.45) is 3.25. The Morgan fingerprint density at radius 2 is 1.94 bits per heavy atom. The normalized spacial score (nSPS) is 10.2. The van der Waals surface area contributed by atoms with Crippen molar-refractivity contribution in [3.05, 3.63) is 45.7 Å². The fourth-order valence-corrected chi connectivity index (χ4v) is 1.50. The van der Waals surface area contributed by atoms with Crippen LogP contribution in [0.1, 0.15) is 5.56 Å². The van der Waals surface area contributed by atoms with E-state index >= 15 is 0 Å². The van der Waals surface area contributed by atoms with Crippen molar-refractivity contribution in [1.29, 1.82) is 0 Å². The first kappa shape index (κ1) is 11.4.